The van der Waals surface area contributed by atoms with Gasteiger partial charge in [0.25, 0.3) is 0 Å². The summed E-state index contributed by atoms with van der Waals surface area (Å²) in [7, 11) is 0. The second-order valence-corrected chi connectivity index (χ2v) is 4.61. The maximum atomic E-state index is 12.2. The van der Waals surface area contributed by atoms with Crippen molar-refractivity contribution in [1.29, 1.82) is 0 Å². The van der Waals surface area contributed by atoms with Crippen LogP contribution in [0.25, 0.3) is 0 Å². The minimum absolute atomic E-state index is 0.0965. The van der Waals surface area contributed by atoms with Crippen LogP contribution in [0.4, 0.5) is 5.69 Å². The molecule has 0 aliphatic carbocycles. The van der Waals surface area contributed by atoms with Crippen LogP contribution in [0.3, 0.4) is 0 Å². The highest BCUT2D eigenvalue weighted by Crippen LogP contribution is 2.26. The van der Waals surface area contributed by atoms with Gasteiger partial charge in [-0.1, -0.05) is 18.2 Å². The molecule has 1 aliphatic heterocycles. The fraction of sp³-hybridized carbons (Fsp3) is 0.167. The number of benzene rings is 1. The van der Waals surface area contributed by atoms with Crippen LogP contribution in [0, 0.1) is 4.77 Å². The third-order valence-electron chi connectivity index (χ3n) is 2.99. The predicted octanol–water partition coefficient (Wildman–Crippen LogP) is 1.71. The van der Waals surface area contributed by atoms with Gasteiger partial charge in [0.2, 0.25) is 11.7 Å². The quantitative estimate of drug-likeness (QED) is 0.817. The molecule has 2 aromatic rings. The first kappa shape index (κ1) is 11.8. The first-order chi connectivity index (χ1) is 9.16. The van der Waals surface area contributed by atoms with E-state index in [1.807, 2.05) is 18.2 Å². The van der Waals surface area contributed by atoms with E-state index in [0.29, 0.717) is 5.69 Å². The van der Waals surface area contributed by atoms with E-state index in [-0.39, 0.29) is 28.7 Å². The molecule has 19 heavy (non-hydrogen) atoms. The summed E-state index contributed by atoms with van der Waals surface area (Å²) in [4.78, 5) is 23.9. The molecule has 0 saturated heterocycles. The zero-order chi connectivity index (χ0) is 13.4. The molecule has 2 N–H and O–H groups in total. The maximum absolute atomic E-state index is 12.2. The van der Waals surface area contributed by atoms with Crippen molar-refractivity contribution in [3.05, 3.63) is 40.9 Å². The average molecular weight is 274 g/mol. The number of H-pyrrole nitrogens is 1. The number of aromatic nitrogens is 3. The van der Waals surface area contributed by atoms with Crippen LogP contribution in [0.15, 0.2) is 30.3 Å². The molecule has 2 heterocycles. The van der Waals surface area contributed by atoms with Gasteiger partial charge in [0, 0.05) is 12.1 Å². The lowest BCUT2D eigenvalue weighted by Gasteiger charge is -2.11. The molecule has 1 aromatic heterocycles. The summed E-state index contributed by atoms with van der Waals surface area (Å²) in [6.45, 7) is 0. The molecule has 3 rings (SSSR count). The Balaban J connectivity index is 1.88. The van der Waals surface area contributed by atoms with Gasteiger partial charge in [-0.25, -0.2) is 0 Å². The number of carbonyl (C=O) groups is 2. The summed E-state index contributed by atoms with van der Waals surface area (Å²) in [6, 6.07) is 8.44. The number of carbonyl (C=O) groups excluding carboxylic acids is 2. The molecule has 1 aromatic carbocycles. The Bertz CT molecular complexity index is 704. The van der Waals surface area contributed by atoms with E-state index >= 15 is 0 Å². The summed E-state index contributed by atoms with van der Waals surface area (Å²) in [5.74, 6) is -0.227. The van der Waals surface area contributed by atoms with Crippen molar-refractivity contribution in [2.24, 2.45) is 0 Å². The van der Waals surface area contributed by atoms with Gasteiger partial charge in [-0.3, -0.25) is 19.3 Å². The van der Waals surface area contributed by atoms with Gasteiger partial charge in [0.05, 0.1) is 0 Å². The standard InChI is InChI=1S/C12H10N4O2S/c17-9-6-8(16-10(9)14-15-12(16)19)11(18)13-7-4-2-1-3-5-7/h1-5,8H,6H2,(H,13,18)(H,15,19)/t8-/m1/s1. The molecule has 1 amide bonds. The molecule has 1 aliphatic rings. The van der Waals surface area contributed by atoms with E-state index in [0.717, 1.165) is 0 Å². The van der Waals surface area contributed by atoms with Gasteiger partial charge in [0.15, 0.2) is 10.6 Å². The van der Waals surface area contributed by atoms with E-state index in [2.05, 4.69) is 15.5 Å². The van der Waals surface area contributed by atoms with E-state index in [9.17, 15) is 9.59 Å². The largest absolute Gasteiger partial charge is 0.324 e. The van der Waals surface area contributed by atoms with Crippen LogP contribution < -0.4 is 5.32 Å². The van der Waals surface area contributed by atoms with Crippen molar-refractivity contribution >= 4 is 29.6 Å². The van der Waals surface area contributed by atoms with Crippen molar-refractivity contribution < 1.29 is 9.59 Å². The van der Waals surface area contributed by atoms with E-state index < -0.39 is 6.04 Å². The van der Waals surface area contributed by atoms with Crippen LogP contribution in [0.1, 0.15) is 23.1 Å². The molecule has 6 nitrogen and oxygen atoms in total. The third-order valence-corrected chi connectivity index (χ3v) is 3.28. The Hall–Kier alpha value is -2.28. The summed E-state index contributed by atoms with van der Waals surface area (Å²) in [5.41, 5.74) is 0.684. The number of amides is 1. The van der Waals surface area contributed by atoms with Crippen LogP contribution in [-0.2, 0) is 4.79 Å². The number of ketones is 1. The SMILES string of the molecule is O=C1C[C@H](C(=O)Nc2ccccc2)n2c1n[nH]c2=S. The van der Waals surface area contributed by atoms with Crippen molar-refractivity contribution in [3.63, 3.8) is 0 Å². The summed E-state index contributed by atoms with van der Waals surface area (Å²) in [5, 5.41) is 9.13. The Morgan fingerprint density at radius 3 is 2.89 bits per heavy atom. The number of para-hydroxylation sites is 1. The van der Waals surface area contributed by atoms with Crippen molar-refractivity contribution in [3.8, 4) is 0 Å². The first-order valence-electron chi connectivity index (χ1n) is 5.73. The smallest absolute Gasteiger partial charge is 0.248 e. The monoisotopic (exact) mass is 274 g/mol. The molecule has 7 heteroatoms. The summed E-state index contributed by atoms with van der Waals surface area (Å²) >= 11 is 5.04. The molecule has 0 spiro atoms. The van der Waals surface area contributed by atoms with Crippen molar-refractivity contribution in [2.75, 3.05) is 5.32 Å². The lowest BCUT2D eigenvalue weighted by atomic mass is 10.2. The van der Waals surface area contributed by atoms with Crippen LogP contribution in [-0.4, -0.2) is 26.5 Å². The normalized spacial score (nSPS) is 17.3. The van der Waals surface area contributed by atoms with E-state index in [1.165, 1.54) is 4.57 Å². The topological polar surface area (TPSA) is 79.8 Å². The fourth-order valence-electron chi connectivity index (χ4n) is 2.11. The third kappa shape index (κ3) is 1.97. The number of nitrogens with zero attached hydrogens (tertiary/aromatic N) is 2. The van der Waals surface area contributed by atoms with Gasteiger partial charge in [-0.15, -0.1) is 0 Å². The molecule has 0 unspecified atom stereocenters. The number of anilines is 1. The Morgan fingerprint density at radius 2 is 2.16 bits per heavy atom. The highest BCUT2D eigenvalue weighted by Gasteiger charge is 2.36. The van der Waals surface area contributed by atoms with Gasteiger partial charge < -0.3 is 5.32 Å². The van der Waals surface area contributed by atoms with Crippen molar-refractivity contribution in [1.82, 2.24) is 14.8 Å². The van der Waals surface area contributed by atoms with Gasteiger partial charge >= 0.3 is 0 Å². The van der Waals surface area contributed by atoms with Crippen molar-refractivity contribution in [2.45, 2.75) is 12.5 Å². The fourth-order valence-corrected chi connectivity index (χ4v) is 2.37. The van der Waals surface area contributed by atoms with E-state index in [1.54, 1.807) is 12.1 Å². The molecule has 96 valence electrons. The van der Waals surface area contributed by atoms with Crippen LogP contribution in [0.2, 0.25) is 0 Å². The van der Waals surface area contributed by atoms with Crippen LogP contribution >= 0.6 is 12.2 Å². The highest BCUT2D eigenvalue weighted by molar-refractivity contribution is 7.71. The number of aromatic amines is 1. The minimum Gasteiger partial charge on any atom is -0.324 e. The average Bonchev–Trinajstić information content (AvgIpc) is 2.93. The Morgan fingerprint density at radius 1 is 1.42 bits per heavy atom. The molecule has 1 atom stereocenters. The number of hydrogen-bond donors (Lipinski definition) is 2. The Labute approximate surface area is 113 Å². The van der Waals surface area contributed by atoms with Gasteiger partial charge in [-0.05, 0) is 24.4 Å². The second kappa shape index (κ2) is 4.43. The number of Topliss-reactive ketones (excluding diaryl/α,β-unsaturated/α-hetero) is 1. The predicted molar refractivity (Wildman–Crippen MR) is 70.5 cm³/mol. The zero-order valence-electron chi connectivity index (χ0n) is 9.79. The second-order valence-electron chi connectivity index (χ2n) is 4.22. The molecule has 0 saturated carbocycles. The number of rotatable bonds is 2. The highest BCUT2D eigenvalue weighted by atomic mass is 32.1. The molecule has 0 fully saturated rings. The first-order valence-corrected chi connectivity index (χ1v) is 6.13. The zero-order valence-corrected chi connectivity index (χ0v) is 10.6. The maximum Gasteiger partial charge on any atom is 0.248 e. The number of nitrogens with one attached hydrogen (secondary N) is 2. The number of hydrogen-bond acceptors (Lipinski definition) is 4. The minimum atomic E-state index is -0.631. The van der Waals surface area contributed by atoms with Gasteiger partial charge in [-0.2, -0.15) is 5.10 Å². The summed E-state index contributed by atoms with van der Waals surface area (Å²) < 4.78 is 1.75. The van der Waals surface area contributed by atoms with Crippen LogP contribution in [0.5, 0.6) is 0 Å². The van der Waals surface area contributed by atoms with E-state index in [4.69, 9.17) is 12.2 Å². The lowest BCUT2D eigenvalue weighted by Crippen LogP contribution is -2.23. The number of fused-ring (bicyclic) bond motifs is 1. The molecular weight excluding hydrogens is 264 g/mol. The van der Waals surface area contributed by atoms with Gasteiger partial charge in [0.1, 0.15) is 6.04 Å². The summed E-state index contributed by atoms with van der Waals surface area (Å²) in [6.07, 6.45) is 0.0965. The lowest BCUT2D eigenvalue weighted by molar-refractivity contribution is -0.119. The molecule has 0 radical (unpaired) electrons. The Kier molecular flexibility index (Phi) is 2.75. The molecule has 0 bridgehead atoms. The molecular formula is C12H10N4O2S.